The Morgan fingerprint density at radius 2 is 2.00 bits per heavy atom. The number of rotatable bonds is 3. The highest BCUT2D eigenvalue weighted by Crippen LogP contribution is 2.26. The van der Waals surface area contributed by atoms with E-state index in [9.17, 15) is 4.79 Å². The molecule has 0 aromatic carbocycles. The lowest BCUT2D eigenvalue weighted by molar-refractivity contribution is -0.0346. The van der Waals surface area contributed by atoms with Crippen LogP contribution < -0.4 is 0 Å². The van der Waals surface area contributed by atoms with Gasteiger partial charge in [0.2, 0.25) is 0 Å². The molecule has 1 saturated carbocycles. The zero-order valence-electron chi connectivity index (χ0n) is 10.6. The summed E-state index contributed by atoms with van der Waals surface area (Å²) in [7, 11) is 0. The first-order chi connectivity index (χ1) is 8.25. The number of carbonyl (C=O) groups is 1. The van der Waals surface area contributed by atoms with E-state index in [-0.39, 0.29) is 6.10 Å². The molecule has 0 radical (unpaired) electrons. The van der Waals surface area contributed by atoms with Crippen LogP contribution in [-0.2, 0) is 9.47 Å². The lowest BCUT2D eigenvalue weighted by Crippen LogP contribution is -2.31. The minimum Gasteiger partial charge on any atom is -0.434 e. The fourth-order valence-electron chi connectivity index (χ4n) is 2.63. The van der Waals surface area contributed by atoms with Gasteiger partial charge < -0.3 is 9.47 Å². The van der Waals surface area contributed by atoms with Crippen LogP contribution in [0, 0.1) is 11.8 Å². The normalized spacial score (nSPS) is 28.8. The molecule has 17 heavy (non-hydrogen) atoms. The number of carbonyl (C=O) groups excluding carboxylic acids is 1. The van der Waals surface area contributed by atoms with Gasteiger partial charge in [0.25, 0.3) is 0 Å². The van der Waals surface area contributed by atoms with Crippen LogP contribution in [0.1, 0.15) is 45.4 Å². The molecule has 0 aromatic rings. The number of hydrogen-bond acceptors (Lipinski definition) is 3. The third-order valence-electron chi connectivity index (χ3n) is 3.79. The maximum atomic E-state index is 11.0. The molecule has 1 heterocycles. The zero-order chi connectivity index (χ0) is 12.1. The summed E-state index contributed by atoms with van der Waals surface area (Å²) in [6, 6.07) is 0. The van der Waals surface area contributed by atoms with Crippen molar-refractivity contribution >= 4 is 6.16 Å². The monoisotopic (exact) mass is 238 g/mol. The van der Waals surface area contributed by atoms with Crippen LogP contribution in [0.4, 0.5) is 4.79 Å². The maximum absolute atomic E-state index is 11.0. The summed E-state index contributed by atoms with van der Waals surface area (Å²) in [4.78, 5) is 11.0. The molecule has 96 valence electrons. The van der Waals surface area contributed by atoms with Gasteiger partial charge in [-0.05, 0) is 18.8 Å². The van der Waals surface area contributed by atoms with Crippen LogP contribution in [0.15, 0.2) is 12.2 Å². The van der Waals surface area contributed by atoms with Gasteiger partial charge >= 0.3 is 6.16 Å². The molecule has 0 aromatic heterocycles. The van der Waals surface area contributed by atoms with Gasteiger partial charge in [-0.15, -0.1) is 0 Å². The van der Waals surface area contributed by atoms with Gasteiger partial charge in [-0.25, -0.2) is 4.79 Å². The molecule has 3 heteroatoms. The molecular formula is C14H22O3. The van der Waals surface area contributed by atoms with E-state index < -0.39 is 6.16 Å². The van der Waals surface area contributed by atoms with Gasteiger partial charge in [-0.2, -0.15) is 0 Å². The molecule has 1 unspecified atom stereocenters. The van der Waals surface area contributed by atoms with Crippen molar-refractivity contribution in [2.45, 2.75) is 51.6 Å². The molecule has 3 nitrogen and oxygen atoms in total. The zero-order valence-corrected chi connectivity index (χ0v) is 10.6. The van der Waals surface area contributed by atoms with Crippen molar-refractivity contribution in [1.82, 2.24) is 0 Å². The van der Waals surface area contributed by atoms with E-state index >= 15 is 0 Å². The molecule has 2 fully saturated rings. The fraction of sp³-hybridized carbons (Fsp3) is 0.786. The highest BCUT2D eigenvalue weighted by Gasteiger charge is 2.25. The van der Waals surface area contributed by atoms with E-state index in [1.165, 1.54) is 32.1 Å². The second-order valence-corrected chi connectivity index (χ2v) is 5.19. The molecule has 1 aliphatic heterocycles. The van der Waals surface area contributed by atoms with Crippen LogP contribution in [0.2, 0.25) is 0 Å². The van der Waals surface area contributed by atoms with E-state index in [0.29, 0.717) is 12.5 Å². The Balaban J connectivity index is 1.80. The Labute approximate surface area is 103 Å². The molecule has 0 N–H and O–H groups in total. The molecule has 1 saturated heterocycles. The smallest absolute Gasteiger partial charge is 0.434 e. The largest absolute Gasteiger partial charge is 0.508 e. The van der Waals surface area contributed by atoms with Gasteiger partial charge in [-0.1, -0.05) is 38.3 Å². The summed E-state index contributed by atoms with van der Waals surface area (Å²) < 4.78 is 9.94. The Morgan fingerprint density at radius 1 is 1.24 bits per heavy atom. The standard InChI is InChI=1S/C14H22O3/c1-11(13-9-10-16-14(15)17-13)7-8-12-5-3-2-4-6-12/h7-8,11-13H,2-6,9-10H2,1H3/b8-7+/t11-,13?/m1/s1. The lowest BCUT2D eigenvalue weighted by atomic mass is 9.88. The number of ether oxygens (including phenoxy) is 2. The SMILES string of the molecule is C[C@H](/C=C/C1CCCCC1)C1CCOC(=O)O1. The van der Waals surface area contributed by atoms with Crippen molar-refractivity contribution in [3.05, 3.63) is 12.2 Å². The highest BCUT2D eigenvalue weighted by molar-refractivity contribution is 5.60. The Morgan fingerprint density at radius 3 is 2.71 bits per heavy atom. The minimum atomic E-state index is -0.515. The number of hydrogen-bond donors (Lipinski definition) is 0. The van der Waals surface area contributed by atoms with E-state index in [0.717, 1.165) is 12.3 Å². The van der Waals surface area contributed by atoms with E-state index in [1.807, 2.05) is 0 Å². The fourth-order valence-corrected chi connectivity index (χ4v) is 2.63. The second-order valence-electron chi connectivity index (χ2n) is 5.19. The van der Waals surface area contributed by atoms with Crippen molar-refractivity contribution in [1.29, 1.82) is 0 Å². The summed E-state index contributed by atoms with van der Waals surface area (Å²) >= 11 is 0. The summed E-state index contributed by atoms with van der Waals surface area (Å²) in [6.45, 7) is 2.60. The predicted octanol–water partition coefficient (Wildman–Crippen LogP) is 3.68. The maximum Gasteiger partial charge on any atom is 0.508 e. The average molecular weight is 238 g/mol. The van der Waals surface area contributed by atoms with Crippen molar-refractivity contribution in [2.24, 2.45) is 11.8 Å². The van der Waals surface area contributed by atoms with Crippen molar-refractivity contribution < 1.29 is 14.3 Å². The van der Waals surface area contributed by atoms with Crippen LogP contribution in [0.3, 0.4) is 0 Å². The third kappa shape index (κ3) is 3.76. The van der Waals surface area contributed by atoms with Gasteiger partial charge in [0.15, 0.2) is 0 Å². The Bertz CT molecular complexity index is 279. The van der Waals surface area contributed by atoms with Crippen molar-refractivity contribution in [3.63, 3.8) is 0 Å². The Kier molecular flexibility index (Phi) is 4.46. The molecule has 2 atom stereocenters. The first kappa shape index (κ1) is 12.5. The predicted molar refractivity (Wildman–Crippen MR) is 65.7 cm³/mol. The summed E-state index contributed by atoms with van der Waals surface area (Å²) in [6.07, 6.45) is 11.6. The lowest BCUT2D eigenvalue weighted by Gasteiger charge is -2.26. The van der Waals surface area contributed by atoms with Crippen LogP contribution in [0.25, 0.3) is 0 Å². The minimum absolute atomic E-state index is 0.00362. The van der Waals surface area contributed by atoms with E-state index in [2.05, 4.69) is 19.1 Å². The molecule has 2 rings (SSSR count). The number of allylic oxidation sites excluding steroid dienone is 1. The topological polar surface area (TPSA) is 35.5 Å². The molecule has 1 aliphatic carbocycles. The van der Waals surface area contributed by atoms with Gasteiger partial charge in [0, 0.05) is 12.3 Å². The third-order valence-corrected chi connectivity index (χ3v) is 3.79. The summed E-state index contributed by atoms with van der Waals surface area (Å²) in [5.41, 5.74) is 0. The van der Waals surface area contributed by atoms with E-state index in [1.54, 1.807) is 0 Å². The van der Waals surface area contributed by atoms with Crippen LogP contribution >= 0.6 is 0 Å². The van der Waals surface area contributed by atoms with Crippen molar-refractivity contribution in [2.75, 3.05) is 6.61 Å². The number of cyclic esters (lactones) is 2. The van der Waals surface area contributed by atoms with Crippen LogP contribution in [0.5, 0.6) is 0 Å². The summed E-state index contributed by atoms with van der Waals surface area (Å²) in [5.74, 6) is 1.03. The molecular weight excluding hydrogens is 216 g/mol. The van der Waals surface area contributed by atoms with Gasteiger partial charge in [-0.3, -0.25) is 0 Å². The Hall–Kier alpha value is -0.990. The molecule has 0 spiro atoms. The average Bonchev–Trinajstić information content (AvgIpc) is 2.37. The van der Waals surface area contributed by atoms with Gasteiger partial charge in [0.05, 0.1) is 6.61 Å². The van der Waals surface area contributed by atoms with Crippen LogP contribution in [-0.4, -0.2) is 18.9 Å². The van der Waals surface area contributed by atoms with E-state index in [4.69, 9.17) is 9.47 Å². The van der Waals surface area contributed by atoms with Gasteiger partial charge in [0.1, 0.15) is 6.10 Å². The first-order valence-electron chi connectivity index (χ1n) is 6.77. The second kappa shape index (κ2) is 6.08. The molecule has 2 aliphatic rings. The first-order valence-corrected chi connectivity index (χ1v) is 6.77. The quantitative estimate of drug-likeness (QED) is 0.555. The molecule has 0 amide bonds. The highest BCUT2D eigenvalue weighted by atomic mass is 16.7. The summed E-state index contributed by atoms with van der Waals surface area (Å²) in [5, 5.41) is 0. The van der Waals surface area contributed by atoms with Crippen molar-refractivity contribution in [3.8, 4) is 0 Å². The molecule has 0 bridgehead atoms.